The van der Waals surface area contributed by atoms with E-state index in [9.17, 15) is 20.2 Å². The Bertz CT molecular complexity index is 695. The van der Waals surface area contributed by atoms with Gasteiger partial charge in [0, 0.05) is 5.92 Å². The SMILES string of the molecule is C=C(O)C(C)CCCC(C)(CCCC(C)(O)CCCC1(C)CCC2CC(O)C(C)C(C)C2O1)N=O. The summed E-state index contributed by atoms with van der Waals surface area (Å²) in [5.41, 5.74) is -1.56. The summed E-state index contributed by atoms with van der Waals surface area (Å²) in [7, 11) is 0. The Morgan fingerprint density at radius 2 is 1.77 bits per heavy atom. The number of aliphatic hydroxyl groups is 3. The minimum absolute atomic E-state index is 0.0313. The molecule has 9 unspecified atom stereocenters. The lowest BCUT2D eigenvalue weighted by Gasteiger charge is -2.51. The van der Waals surface area contributed by atoms with Crippen molar-refractivity contribution in [1.29, 1.82) is 0 Å². The van der Waals surface area contributed by atoms with Crippen LogP contribution in [0.15, 0.2) is 17.5 Å². The molecule has 2 aliphatic rings. The highest BCUT2D eigenvalue weighted by Crippen LogP contribution is 2.46. The Morgan fingerprint density at radius 3 is 2.40 bits per heavy atom. The van der Waals surface area contributed by atoms with Gasteiger partial charge in [-0.3, -0.25) is 0 Å². The number of ether oxygens (including phenoxy) is 1. The van der Waals surface area contributed by atoms with Gasteiger partial charge in [-0.1, -0.05) is 38.9 Å². The Kier molecular flexibility index (Phi) is 10.8. The first-order valence-corrected chi connectivity index (χ1v) is 14.0. The molecule has 1 aliphatic heterocycles. The number of hydrogen-bond donors (Lipinski definition) is 3. The zero-order valence-corrected chi connectivity index (χ0v) is 23.3. The van der Waals surface area contributed by atoms with Crippen LogP contribution in [0.4, 0.5) is 0 Å². The van der Waals surface area contributed by atoms with E-state index < -0.39 is 11.1 Å². The highest BCUT2D eigenvalue weighted by molar-refractivity contribution is 4.96. The highest BCUT2D eigenvalue weighted by Gasteiger charge is 2.47. The third-order valence-electron chi connectivity index (χ3n) is 9.42. The number of nitroso groups, excluding NO2 is 1. The molecule has 0 bridgehead atoms. The zero-order valence-electron chi connectivity index (χ0n) is 23.3. The summed E-state index contributed by atoms with van der Waals surface area (Å²) >= 11 is 0. The van der Waals surface area contributed by atoms with Gasteiger partial charge in [0.1, 0.15) is 0 Å². The Balaban J connectivity index is 1.75. The molecular formula is C29H53NO5. The summed E-state index contributed by atoms with van der Waals surface area (Å²) in [4.78, 5) is 11.5. The second-order valence-corrected chi connectivity index (χ2v) is 12.9. The van der Waals surface area contributed by atoms with E-state index in [1.807, 2.05) is 20.8 Å². The fraction of sp³-hybridized carbons (Fsp3) is 0.931. The van der Waals surface area contributed by atoms with Gasteiger partial charge in [-0.25, -0.2) is 0 Å². The van der Waals surface area contributed by atoms with E-state index in [4.69, 9.17) is 4.74 Å². The van der Waals surface area contributed by atoms with Gasteiger partial charge >= 0.3 is 0 Å². The van der Waals surface area contributed by atoms with Crippen molar-refractivity contribution in [1.82, 2.24) is 0 Å². The molecule has 9 atom stereocenters. The molecule has 6 nitrogen and oxygen atoms in total. The summed E-state index contributed by atoms with van der Waals surface area (Å²) in [6.07, 6.45) is 9.88. The van der Waals surface area contributed by atoms with Crippen molar-refractivity contribution >= 4 is 0 Å². The predicted molar refractivity (Wildman–Crippen MR) is 142 cm³/mol. The molecule has 204 valence electrons. The summed E-state index contributed by atoms with van der Waals surface area (Å²) in [5.74, 6) is 1.31. The third kappa shape index (κ3) is 8.82. The minimum atomic E-state index is -0.767. The van der Waals surface area contributed by atoms with Gasteiger partial charge in [0.2, 0.25) is 0 Å². The van der Waals surface area contributed by atoms with Gasteiger partial charge in [0.05, 0.1) is 34.7 Å². The lowest BCUT2D eigenvalue weighted by molar-refractivity contribution is -0.200. The molecule has 35 heavy (non-hydrogen) atoms. The predicted octanol–water partition coefficient (Wildman–Crippen LogP) is 7.07. The molecule has 1 aliphatic carbocycles. The van der Waals surface area contributed by atoms with Crippen molar-refractivity contribution in [3.8, 4) is 0 Å². The average molecular weight is 496 g/mol. The molecule has 0 spiro atoms. The molecule has 2 fully saturated rings. The molecule has 0 radical (unpaired) electrons. The van der Waals surface area contributed by atoms with Gasteiger partial charge in [-0.15, -0.1) is 0 Å². The molecular weight excluding hydrogens is 442 g/mol. The van der Waals surface area contributed by atoms with E-state index in [1.54, 1.807) is 0 Å². The number of rotatable bonds is 14. The second-order valence-electron chi connectivity index (χ2n) is 12.9. The van der Waals surface area contributed by atoms with Crippen LogP contribution in [-0.2, 0) is 4.74 Å². The lowest BCUT2D eigenvalue weighted by atomic mass is 9.67. The van der Waals surface area contributed by atoms with Gasteiger partial charge in [0.25, 0.3) is 0 Å². The summed E-state index contributed by atoms with van der Waals surface area (Å²) < 4.78 is 6.67. The second kappa shape index (κ2) is 12.5. The molecule has 2 rings (SSSR count). The van der Waals surface area contributed by atoms with Crippen LogP contribution in [-0.4, -0.2) is 44.3 Å². The van der Waals surface area contributed by atoms with Crippen LogP contribution in [0.3, 0.4) is 0 Å². The maximum absolute atomic E-state index is 11.5. The van der Waals surface area contributed by atoms with Crippen LogP contribution in [0.1, 0.15) is 119 Å². The number of allylic oxidation sites excluding steroid dienone is 1. The lowest BCUT2D eigenvalue weighted by Crippen LogP contribution is -2.52. The Labute approximate surface area is 213 Å². The Hall–Kier alpha value is -0.980. The zero-order chi connectivity index (χ0) is 26.4. The molecule has 0 aromatic rings. The van der Waals surface area contributed by atoms with Gasteiger partial charge in [-0.2, -0.15) is 4.91 Å². The number of hydrogen-bond acceptors (Lipinski definition) is 6. The molecule has 1 heterocycles. The average Bonchev–Trinajstić information content (AvgIpc) is 2.78. The fourth-order valence-electron chi connectivity index (χ4n) is 6.28. The van der Waals surface area contributed by atoms with Crippen LogP contribution < -0.4 is 0 Å². The van der Waals surface area contributed by atoms with Crippen molar-refractivity contribution in [2.45, 2.75) is 148 Å². The van der Waals surface area contributed by atoms with E-state index in [0.29, 0.717) is 37.5 Å². The smallest absolute Gasteiger partial charge is 0.0998 e. The number of aliphatic hydroxyl groups excluding tert-OH is 2. The van der Waals surface area contributed by atoms with Crippen molar-refractivity contribution in [2.24, 2.45) is 28.8 Å². The third-order valence-corrected chi connectivity index (χ3v) is 9.42. The number of fused-ring (bicyclic) bond motifs is 1. The van der Waals surface area contributed by atoms with Gasteiger partial charge < -0.3 is 20.1 Å². The van der Waals surface area contributed by atoms with E-state index in [0.717, 1.165) is 51.4 Å². The van der Waals surface area contributed by atoms with Crippen LogP contribution in [0.25, 0.3) is 0 Å². The monoisotopic (exact) mass is 495 g/mol. The first-order chi connectivity index (χ1) is 16.2. The quantitative estimate of drug-likeness (QED) is 0.177. The molecule has 1 saturated heterocycles. The Morgan fingerprint density at radius 1 is 1.14 bits per heavy atom. The van der Waals surface area contributed by atoms with Crippen molar-refractivity contribution in [3.63, 3.8) is 0 Å². The molecule has 0 aromatic heterocycles. The molecule has 6 heteroatoms. The van der Waals surface area contributed by atoms with Gasteiger partial charge in [0.15, 0.2) is 0 Å². The minimum Gasteiger partial charge on any atom is -0.513 e. The van der Waals surface area contributed by atoms with Crippen LogP contribution in [0.2, 0.25) is 0 Å². The maximum Gasteiger partial charge on any atom is 0.0998 e. The van der Waals surface area contributed by atoms with E-state index >= 15 is 0 Å². The topological polar surface area (TPSA) is 99.3 Å². The molecule has 3 N–H and O–H groups in total. The summed E-state index contributed by atoms with van der Waals surface area (Å²) in [6, 6.07) is 0. The standard InChI is InChI=1S/C29H53NO5/c1-20(23(4)31)11-8-13-27(5,30-34)14-9-15-28(6,33)16-10-17-29(7)18-12-24-19-25(32)21(2)22(3)26(24)35-29/h20-22,24-26,31-33H,4,8-19H2,1-3,5-7H3. The van der Waals surface area contributed by atoms with Crippen molar-refractivity contribution < 1.29 is 20.1 Å². The van der Waals surface area contributed by atoms with Crippen LogP contribution in [0.5, 0.6) is 0 Å². The first-order valence-electron chi connectivity index (χ1n) is 14.0. The largest absolute Gasteiger partial charge is 0.513 e. The summed E-state index contributed by atoms with van der Waals surface area (Å²) in [5, 5.41) is 34.2. The van der Waals surface area contributed by atoms with Crippen molar-refractivity contribution in [2.75, 3.05) is 0 Å². The first kappa shape index (κ1) is 30.2. The van der Waals surface area contributed by atoms with Gasteiger partial charge in [-0.05, 0) is 109 Å². The number of nitrogens with zero attached hydrogens (tertiary/aromatic N) is 1. The molecule has 0 aromatic carbocycles. The van der Waals surface area contributed by atoms with Crippen LogP contribution in [0, 0.1) is 28.6 Å². The fourth-order valence-corrected chi connectivity index (χ4v) is 6.28. The molecule has 1 saturated carbocycles. The summed E-state index contributed by atoms with van der Waals surface area (Å²) in [6.45, 7) is 15.9. The highest BCUT2D eigenvalue weighted by atomic mass is 16.5. The molecule has 0 amide bonds. The van der Waals surface area contributed by atoms with E-state index in [2.05, 4.69) is 32.5 Å². The van der Waals surface area contributed by atoms with Crippen molar-refractivity contribution in [3.05, 3.63) is 17.2 Å². The van der Waals surface area contributed by atoms with E-state index in [1.165, 1.54) is 0 Å². The normalized spacial score (nSPS) is 35.4. The van der Waals surface area contributed by atoms with Crippen LogP contribution >= 0.6 is 0 Å². The maximum atomic E-state index is 11.5. The van der Waals surface area contributed by atoms with E-state index in [-0.39, 0.29) is 35.4 Å².